The van der Waals surface area contributed by atoms with Crippen LogP contribution in [0.2, 0.25) is 0 Å². The molecule has 0 fully saturated rings. The van der Waals surface area contributed by atoms with Crippen molar-refractivity contribution in [2.24, 2.45) is 0 Å². The molecule has 3 aromatic rings. The van der Waals surface area contributed by atoms with Crippen molar-refractivity contribution in [3.63, 3.8) is 0 Å². The number of benzene rings is 1. The Morgan fingerprint density at radius 2 is 2.11 bits per heavy atom. The third kappa shape index (κ3) is 3.61. The number of rotatable bonds is 4. The maximum atomic E-state index is 12.4. The van der Waals surface area contributed by atoms with Gasteiger partial charge in [0.15, 0.2) is 0 Å². The van der Waals surface area contributed by atoms with Crippen molar-refractivity contribution in [1.29, 1.82) is 0 Å². The summed E-state index contributed by atoms with van der Waals surface area (Å²) in [5.74, 6) is 1.24. The minimum atomic E-state index is -0.727. The van der Waals surface area contributed by atoms with Gasteiger partial charge in [0.25, 0.3) is 0 Å². The van der Waals surface area contributed by atoms with E-state index in [2.05, 4.69) is 15.7 Å². The number of nitrogens with one attached hydrogen (secondary N) is 2. The van der Waals surface area contributed by atoms with Crippen molar-refractivity contribution in [3.8, 4) is 5.69 Å². The molecule has 138 valence electrons. The van der Waals surface area contributed by atoms with Crippen LogP contribution in [0.15, 0.2) is 47.1 Å². The molecule has 0 bridgehead atoms. The van der Waals surface area contributed by atoms with Crippen molar-refractivity contribution < 1.29 is 14.0 Å². The van der Waals surface area contributed by atoms with Gasteiger partial charge in [0.05, 0.1) is 24.2 Å². The van der Waals surface area contributed by atoms with Crippen molar-refractivity contribution >= 4 is 29.4 Å². The molecule has 0 radical (unpaired) electrons. The highest BCUT2D eigenvalue weighted by atomic mass is 32.2. The summed E-state index contributed by atoms with van der Waals surface area (Å²) >= 11 is 1.73. The van der Waals surface area contributed by atoms with Crippen LogP contribution in [0, 0.1) is 6.92 Å². The highest BCUT2D eigenvalue weighted by molar-refractivity contribution is 7.98. The van der Waals surface area contributed by atoms with Gasteiger partial charge in [-0.05, 0) is 36.8 Å². The Hall–Kier alpha value is -3.00. The molecular formula is C19H18N4O3S. The molecule has 2 aromatic heterocycles. The van der Waals surface area contributed by atoms with Gasteiger partial charge in [-0.3, -0.25) is 9.59 Å². The predicted octanol–water partition coefficient (Wildman–Crippen LogP) is 2.78. The number of fused-ring (bicyclic) bond motifs is 1. The molecule has 0 saturated heterocycles. The van der Waals surface area contributed by atoms with Crippen molar-refractivity contribution in [2.75, 3.05) is 5.32 Å². The number of aromatic nitrogens is 2. The molecule has 2 amide bonds. The number of nitrogens with zero attached hydrogens (tertiary/aromatic N) is 2. The number of amides is 2. The summed E-state index contributed by atoms with van der Waals surface area (Å²) in [7, 11) is 0. The normalized spacial score (nSPS) is 12.6. The zero-order chi connectivity index (χ0) is 18.8. The van der Waals surface area contributed by atoms with E-state index >= 15 is 0 Å². The fourth-order valence-corrected chi connectivity index (χ4v) is 3.95. The van der Waals surface area contributed by atoms with E-state index in [1.165, 1.54) is 6.26 Å². The van der Waals surface area contributed by atoms with Gasteiger partial charge in [-0.1, -0.05) is 12.1 Å². The molecule has 1 aromatic carbocycles. The number of furan rings is 1. The lowest BCUT2D eigenvalue weighted by atomic mass is 10.2. The van der Waals surface area contributed by atoms with E-state index in [-0.39, 0.29) is 6.54 Å². The summed E-state index contributed by atoms with van der Waals surface area (Å²) < 4.78 is 6.86. The predicted molar refractivity (Wildman–Crippen MR) is 102 cm³/mol. The van der Waals surface area contributed by atoms with Gasteiger partial charge in [-0.25, -0.2) is 4.68 Å². The van der Waals surface area contributed by atoms with Crippen molar-refractivity contribution in [2.45, 2.75) is 25.0 Å². The Morgan fingerprint density at radius 1 is 1.22 bits per heavy atom. The number of carbonyl (C=O) groups is 2. The largest absolute Gasteiger partial charge is 0.467 e. The highest BCUT2D eigenvalue weighted by Crippen LogP contribution is 2.36. The number of hydrogen-bond donors (Lipinski definition) is 2. The summed E-state index contributed by atoms with van der Waals surface area (Å²) in [5, 5.41) is 9.93. The topological polar surface area (TPSA) is 89.2 Å². The Balaban J connectivity index is 1.56. The number of anilines is 1. The molecule has 3 heterocycles. The molecule has 1 aliphatic heterocycles. The minimum absolute atomic E-state index is 0.157. The zero-order valence-corrected chi connectivity index (χ0v) is 15.5. The molecule has 1 aliphatic rings. The first-order valence-corrected chi connectivity index (χ1v) is 9.64. The van der Waals surface area contributed by atoms with Gasteiger partial charge >= 0.3 is 11.8 Å². The molecular weight excluding hydrogens is 364 g/mol. The van der Waals surface area contributed by atoms with Crippen molar-refractivity contribution in [3.05, 3.63) is 65.2 Å². The lowest BCUT2D eigenvalue weighted by Crippen LogP contribution is -2.35. The SMILES string of the molecule is Cc1cccc(-n2nc3c(c2NC(=O)C(=O)NCc2ccco2)CSC3)c1. The summed E-state index contributed by atoms with van der Waals surface area (Å²) in [5.41, 5.74) is 3.84. The highest BCUT2D eigenvalue weighted by Gasteiger charge is 2.26. The number of thioether (sulfide) groups is 1. The second-order valence-electron chi connectivity index (χ2n) is 6.23. The molecule has 8 heteroatoms. The van der Waals surface area contributed by atoms with Crippen LogP contribution in [-0.2, 0) is 27.6 Å². The lowest BCUT2D eigenvalue weighted by Gasteiger charge is -2.11. The van der Waals surface area contributed by atoms with E-state index in [4.69, 9.17) is 4.42 Å². The third-order valence-electron chi connectivity index (χ3n) is 4.24. The number of hydrogen-bond acceptors (Lipinski definition) is 5. The molecule has 0 atom stereocenters. The van der Waals surface area contributed by atoms with Crippen LogP contribution in [0.1, 0.15) is 22.6 Å². The molecule has 7 nitrogen and oxygen atoms in total. The molecule has 4 rings (SSSR count). The lowest BCUT2D eigenvalue weighted by molar-refractivity contribution is -0.136. The number of carbonyl (C=O) groups excluding carboxylic acids is 2. The van der Waals surface area contributed by atoms with E-state index in [9.17, 15) is 9.59 Å². The smallest absolute Gasteiger partial charge is 0.314 e. The fraction of sp³-hybridized carbons (Fsp3) is 0.211. The molecule has 0 saturated carbocycles. The average Bonchev–Trinajstić information content (AvgIpc) is 3.38. The fourth-order valence-electron chi connectivity index (χ4n) is 2.91. The Bertz CT molecular complexity index is 995. The summed E-state index contributed by atoms with van der Waals surface area (Å²) in [4.78, 5) is 24.6. The van der Waals surface area contributed by atoms with Gasteiger partial charge < -0.3 is 15.1 Å². The monoisotopic (exact) mass is 382 g/mol. The van der Waals surface area contributed by atoms with Crippen LogP contribution < -0.4 is 10.6 Å². The van der Waals surface area contributed by atoms with E-state index in [0.717, 1.165) is 34.0 Å². The standard InChI is InChI=1S/C19H18N4O3S/c1-12-4-2-5-13(8-12)23-17(15-10-27-11-16(15)22-23)21-19(25)18(24)20-9-14-6-3-7-26-14/h2-8H,9-11H2,1H3,(H,20,24)(H,21,25). The van der Waals surface area contributed by atoms with Gasteiger partial charge in [-0.2, -0.15) is 16.9 Å². The van der Waals surface area contributed by atoms with E-state index in [1.54, 1.807) is 28.6 Å². The summed E-state index contributed by atoms with van der Waals surface area (Å²) in [6, 6.07) is 11.3. The summed E-state index contributed by atoms with van der Waals surface area (Å²) in [6.07, 6.45) is 1.52. The number of aryl methyl sites for hydroxylation is 1. The Labute approximate surface area is 160 Å². The second-order valence-corrected chi connectivity index (χ2v) is 7.22. The average molecular weight is 382 g/mol. The van der Waals surface area contributed by atoms with Gasteiger partial charge in [0.1, 0.15) is 11.6 Å². The molecule has 0 spiro atoms. The third-order valence-corrected chi connectivity index (χ3v) is 5.21. The van der Waals surface area contributed by atoms with Crippen LogP contribution >= 0.6 is 11.8 Å². The van der Waals surface area contributed by atoms with E-state index < -0.39 is 11.8 Å². The minimum Gasteiger partial charge on any atom is -0.467 e. The van der Waals surface area contributed by atoms with Crippen LogP contribution in [0.4, 0.5) is 5.82 Å². The summed E-state index contributed by atoms with van der Waals surface area (Å²) in [6.45, 7) is 2.15. The van der Waals surface area contributed by atoms with Crippen LogP contribution in [0.5, 0.6) is 0 Å². The van der Waals surface area contributed by atoms with Gasteiger partial charge in [-0.15, -0.1) is 0 Å². The molecule has 2 N–H and O–H groups in total. The van der Waals surface area contributed by atoms with Crippen molar-refractivity contribution in [1.82, 2.24) is 15.1 Å². The molecule has 0 aliphatic carbocycles. The second kappa shape index (κ2) is 7.32. The van der Waals surface area contributed by atoms with Gasteiger partial charge in [0.2, 0.25) is 0 Å². The Morgan fingerprint density at radius 3 is 2.89 bits per heavy atom. The van der Waals surface area contributed by atoms with Gasteiger partial charge in [0, 0.05) is 17.1 Å². The zero-order valence-electron chi connectivity index (χ0n) is 14.7. The first kappa shape index (κ1) is 17.4. The van der Waals surface area contributed by atoms with Crippen LogP contribution in [-0.4, -0.2) is 21.6 Å². The maximum Gasteiger partial charge on any atom is 0.314 e. The molecule has 27 heavy (non-hydrogen) atoms. The van der Waals surface area contributed by atoms with E-state index in [0.29, 0.717) is 11.6 Å². The van der Waals surface area contributed by atoms with Crippen LogP contribution in [0.25, 0.3) is 5.69 Å². The first-order chi connectivity index (χ1) is 13.1. The quantitative estimate of drug-likeness (QED) is 0.678. The molecule has 0 unspecified atom stereocenters. The first-order valence-electron chi connectivity index (χ1n) is 8.49. The van der Waals surface area contributed by atoms with E-state index in [1.807, 2.05) is 31.2 Å². The Kier molecular flexibility index (Phi) is 4.72. The van der Waals surface area contributed by atoms with Crippen LogP contribution in [0.3, 0.4) is 0 Å². The maximum absolute atomic E-state index is 12.4.